The Morgan fingerprint density at radius 1 is 0.909 bits per heavy atom. The van der Waals surface area contributed by atoms with Crippen LogP contribution in [0.5, 0.6) is 11.5 Å². The Hall–Kier alpha value is -2.88. The van der Waals surface area contributed by atoms with Crippen molar-refractivity contribution in [3.8, 4) is 22.8 Å². The van der Waals surface area contributed by atoms with E-state index in [0.29, 0.717) is 22.6 Å². The molecular weight excluding hydrogens is 278 g/mol. The van der Waals surface area contributed by atoms with Gasteiger partial charge in [-0.05, 0) is 23.6 Å². The Morgan fingerprint density at radius 2 is 1.64 bits per heavy atom. The quantitative estimate of drug-likeness (QED) is 0.567. The summed E-state index contributed by atoms with van der Waals surface area (Å²) in [5, 5.41) is 1.91. The van der Waals surface area contributed by atoms with Crippen molar-refractivity contribution in [3.05, 3.63) is 53.7 Å². The summed E-state index contributed by atoms with van der Waals surface area (Å²) in [5.74, 6) is 1.12. The van der Waals surface area contributed by atoms with E-state index in [2.05, 4.69) is 4.98 Å². The number of methoxy groups -OCH3 is 2. The molecule has 4 heteroatoms. The van der Waals surface area contributed by atoms with Gasteiger partial charge in [0.15, 0.2) is 17.3 Å². The average Bonchev–Trinajstić information content (AvgIpc) is 2.58. The summed E-state index contributed by atoms with van der Waals surface area (Å²) < 4.78 is 10.7. The zero-order chi connectivity index (χ0) is 15.3. The van der Waals surface area contributed by atoms with Crippen LogP contribution in [0, 0.1) is 0 Å². The van der Waals surface area contributed by atoms with Crippen LogP contribution in [-0.4, -0.2) is 25.0 Å². The summed E-state index contributed by atoms with van der Waals surface area (Å²) in [4.78, 5) is 17.3. The molecule has 4 nitrogen and oxygen atoms in total. The highest BCUT2D eigenvalue weighted by atomic mass is 16.5. The summed E-state index contributed by atoms with van der Waals surface area (Å²) in [5.41, 5.74) is 2.87. The van der Waals surface area contributed by atoms with Crippen LogP contribution in [0.4, 0.5) is 0 Å². The third-order valence-corrected chi connectivity index (χ3v) is 4.06. The third-order valence-electron chi connectivity index (χ3n) is 4.06. The summed E-state index contributed by atoms with van der Waals surface area (Å²) in [7, 11) is 3.14. The van der Waals surface area contributed by atoms with Crippen LogP contribution in [0.15, 0.2) is 42.6 Å². The molecule has 108 valence electrons. The fourth-order valence-electron chi connectivity index (χ4n) is 3.03. The van der Waals surface area contributed by atoms with Crippen LogP contribution in [0.25, 0.3) is 22.0 Å². The molecule has 1 heterocycles. The Labute approximate surface area is 127 Å². The van der Waals surface area contributed by atoms with Crippen molar-refractivity contribution in [1.82, 2.24) is 4.98 Å². The largest absolute Gasteiger partial charge is 0.493 e. The van der Waals surface area contributed by atoms with Crippen molar-refractivity contribution in [2.45, 2.75) is 0 Å². The van der Waals surface area contributed by atoms with Gasteiger partial charge in [-0.2, -0.15) is 0 Å². The van der Waals surface area contributed by atoms with Crippen molar-refractivity contribution in [1.29, 1.82) is 0 Å². The zero-order valence-electron chi connectivity index (χ0n) is 12.2. The highest BCUT2D eigenvalue weighted by molar-refractivity contribution is 6.25. The van der Waals surface area contributed by atoms with E-state index in [9.17, 15) is 4.79 Å². The summed E-state index contributed by atoms with van der Waals surface area (Å²) in [6, 6.07) is 11.2. The van der Waals surface area contributed by atoms with Crippen LogP contribution >= 0.6 is 0 Å². The van der Waals surface area contributed by atoms with Gasteiger partial charge in [0.05, 0.1) is 19.9 Å². The summed E-state index contributed by atoms with van der Waals surface area (Å²) >= 11 is 0. The molecule has 3 aromatic rings. The molecule has 4 rings (SSSR count). The van der Waals surface area contributed by atoms with Gasteiger partial charge >= 0.3 is 0 Å². The Balaban J connectivity index is 2.15. The number of nitrogens with zero attached hydrogens (tertiary/aromatic N) is 1. The van der Waals surface area contributed by atoms with Crippen molar-refractivity contribution in [2.75, 3.05) is 14.2 Å². The Morgan fingerprint density at radius 3 is 2.36 bits per heavy atom. The fourth-order valence-corrected chi connectivity index (χ4v) is 3.03. The number of ether oxygens (including phenoxy) is 2. The summed E-state index contributed by atoms with van der Waals surface area (Å²) in [6.45, 7) is 0. The minimum absolute atomic E-state index is 0.0120. The standard InChI is InChI=1S/C18H13NO3/c1-21-14-8-12-13(9-15(14)22-2)18(20)11-5-3-4-10-6-7-19-17(12)16(10)11/h3-9H,1-2H3. The summed E-state index contributed by atoms with van der Waals surface area (Å²) in [6.07, 6.45) is 1.76. The van der Waals surface area contributed by atoms with Crippen molar-refractivity contribution in [3.63, 3.8) is 0 Å². The number of ketones is 1. The van der Waals surface area contributed by atoms with Gasteiger partial charge in [-0.1, -0.05) is 18.2 Å². The van der Waals surface area contributed by atoms with Gasteiger partial charge in [-0.25, -0.2) is 0 Å². The number of hydrogen-bond acceptors (Lipinski definition) is 4. The average molecular weight is 291 g/mol. The molecular formula is C18H13NO3. The lowest BCUT2D eigenvalue weighted by atomic mass is 9.85. The molecule has 1 aliphatic carbocycles. The molecule has 1 aliphatic rings. The van der Waals surface area contributed by atoms with Crippen molar-refractivity contribution < 1.29 is 14.3 Å². The SMILES string of the molecule is COc1cc2c(cc1OC)-c1nccc3cccc(c13)C2=O. The van der Waals surface area contributed by atoms with Crippen LogP contribution in [-0.2, 0) is 0 Å². The molecule has 0 N–H and O–H groups in total. The van der Waals surface area contributed by atoms with E-state index in [4.69, 9.17) is 9.47 Å². The lowest BCUT2D eigenvalue weighted by Crippen LogP contribution is -2.11. The van der Waals surface area contributed by atoms with E-state index in [1.165, 1.54) is 0 Å². The minimum atomic E-state index is -0.0120. The van der Waals surface area contributed by atoms with E-state index in [1.54, 1.807) is 26.5 Å². The van der Waals surface area contributed by atoms with Gasteiger partial charge in [0.2, 0.25) is 0 Å². The molecule has 0 atom stereocenters. The molecule has 0 amide bonds. The zero-order valence-corrected chi connectivity index (χ0v) is 12.2. The maximum absolute atomic E-state index is 12.8. The second-order valence-electron chi connectivity index (χ2n) is 5.15. The number of rotatable bonds is 2. The van der Waals surface area contributed by atoms with E-state index >= 15 is 0 Å². The van der Waals surface area contributed by atoms with E-state index in [-0.39, 0.29) is 5.78 Å². The van der Waals surface area contributed by atoms with Crippen LogP contribution in [0.2, 0.25) is 0 Å². The predicted octanol–water partition coefficient (Wildman–Crippen LogP) is 3.46. The molecule has 0 spiro atoms. The maximum Gasteiger partial charge on any atom is 0.194 e. The first-order chi connectivity index (χ1) is 10.7. The molecule has 0 saturated heterocycles. The van der Waals surface area contributed by atoms with E-state index < -0.39 is 0 Å². The van der Waals surface area contributed by atoms with Crippen LogP contribution in [0.1, 0.15) is 15.9 Å². The number of aromatic nitrogens is 1. The number of fused-ring (bicyclic) bond motifs is 2. The topological polar surface area (TPSA) is 48.4 Å². The lowest BCUT2D eigenvalue weighted by molar-refractivity contribution is 0.103. The first-order valence-corrected chi connectivity index (χ1v) is 6.93. The molecule has 0 bridgehead atoms. The van der Waals surface area contributed by atoms with Gasteiger partial charge < -0.3 is 9.47 Å². The Bertz CT molecular complexity index is 926. The molecule has 22 heavy (non-hydrogen) atoms. The molecule has 0 fully saturated rings. The third kappa shape index (κ3) is 1.58. The monoisotopic (exact) mass is 291 g/mol. The van der Waals surface area contributed by atoms with E-state index in [0.717, 1.165) is 22.0 Å². The first kappa shape index (κ1) is 12.8. The van der Waals surface area contributed by atoms with Crippen molar-refractivity contribution in [2.24, 2.45) is 0 Å². The van der Waals surface area contributed by atoms with Gasteiger partial charge in [0.25, 0.3) is 0 Å². The van der Waals surface area contributed by atoms with Gasteiger partial charge in [0.1, 0.15) is 0 Å². The maximum atomic E-state index is 12.8. The van der Waals surface area contributed by atoms with E-state index in [1.807, 2.05) is 30.3 Å². The molecule has 0 aliphatic heterocycles. The number of pyridine rings is 1. The second kappa shape index (κ2) is 4.56. The molecule has 2 aromatic carbocycles. The first-order valence-electron chi connectivity index (χ1n) is 6.93. The van der Waals surface area contributed by atoms with Gasteiger partial charge in [-0.15, -0.1) is 0 Å². The highest BCUT2D eigenvalue weighted by Gasteiger charge is 2.27. The number of hydrogen-bond donors (Lipinski definition) is 0. The van der Waals surface area contributed by atoms with Crippen molar-refractivity contribution >= 4 is 16.6 Å². The van der Waals surface area contributed by atoms with Crippen LogP contribution < -0.4 is 9.47 Å². The number of benzene rings is 2. The smallest absolute Gasteiger partial charge is 0.194 e. The van der Waals surface area contributed by atoms with Gasteiger partial charge in [-0.3, -0.25) is 9.78 Å². The molecule has 0 saturated carbocycles. The molecule has 0 radical (unpaired) electrons. The fraction of sp³-hybridized carbons (Fsp3) is 0.111. The van der Waals surface area contributed by atoms with Crippen LogP contribution in [0.3, 0.4) is 0 Å². The Kier molecular flexibility index (Phi) is 2.66. The normalized spacial score (nSPS) is 12.2. The predicted molar refractivity (Wildman–Crippen MR) is 83.7 cm³/mol. The molecule has 0 unspecified atom stereocenters. The second-order valence-corrected chi connectivity index (χ2v) is 5.15. The lowest BCUT2D eigenvalue weighted by Gasteiger charge is -2.20. The molecule has 1 aromatic heterocycles. The number of carbonyl (C=O) groups is 1. The highest BCUT2D eigenvalue weighted by Crippen LogP contribution is 2.42. The number of carbonyl (C=O) groups excluding carboxylic acids is 1. The minimum Gasteiger partial charge on any atom is -0.493 e. The van der Waals surface area contributed by atoms with Gasteiger partial charge in [0, 0.05) is 28.3 Å².